The molecule has 0 heterocycles. The van der Waals surface area contributed by atoms with Crippen molar-refractivity contribution in [3.63, 3.8) is 0 Å². The van der Waals surface area contributed by atoms with Gasteiger partial charge in [0.15, 0.2) is 0 Å². The van der Waals surface area contributed by atoms with Gasteiger partial charge in [0.2, 0.25) is 11.8 Å². The van der Waals surface area contributed by atoms with Gasteiger partial charge in [-0.05, 0) is 49.9 Å². The van der Waals surface area contributed by atoms with Crippen molar-refractivity contribution in [2.45, 2.75) is 63.9 Å². The van der Waals surface area contributed by atoms with Crippen molar-refractivity contribution in [1.29, 1.82) is 0 Å². The average Bonchev–Trinajstić information content (AvgIpc) is 3.27. The van der Waals surface area contributed by atoms with Crippen LogP contribution in [0.1, 0.15) is 49.3 Å². The lowest BCUT2D eigenvalue weighted by atomic mass is 10.1. The second-order valence-electron chi connectivity index (χ2n) is 8.37. The number of thioether (sulfide) groups is 1. The number of nitrogens with zero attached hydrogens (tertiary/aromatic N) is 1. The summed E-state index contributed by atoms with van der Waals surface area (Å²) in [4.78, 5) is 27.8. The molecule has 0 unspecified atom stereocenters. The topological polar surface area (TPSA) is 49.4 Å². The van der Waals surface area contributed by atoms with Gasteiger partial charge >= 0.3 is 0 Å². The van der Waals surface area contributed by atoms with E-state index in [1.54, 1.807) is 23.1 Å². The van der Waals surface area contributed by atoms with E-state index >= 15 is 0 Å². The maximum absolute atomic E-state index is 13.2. The number of halogens is 2. The highest BCUT2D eigenvalue weighted by Gasteiger charge is 2.28. The molecule has 7 heteroatoms. The molecular weight excluding hydrogens is 463 g/mol. The number of nitrogens with one attached hydrogen (secondary N) is 1. The lowest BCUT2D eigenvalue weighted by Gasteiger charge is -2.29. The minimum atomic E-state index is -0.547. The number of rotatable bonds is 9. The molecule has 2 amide bonds. The quantitative estimate of drug-likeness (QED) is 0.466. The number of carbonyl (C=O) groups is 2. The van der Waals surface area contributed by atoms with Crippen LogP contribution < -0.4 is 5.32 Å². The summed E-state index contributed by atoms with van der Waals surface area (Å²) in [7, 11) is 0. The van der Waals surface area contributed by atoms with Crippen LogP contribution in [-0.2, 0) is 21.9 Å². The maximum Gasteiger partial charge on any atom is 0.242 e. The molecule has 2 aromatic carbocycles. The molecule has 0 saturated heterocycles. The fourth-order valence-electron chi connectivity index (χ4n) is 3.86. The lowest BCUT2D eigenvalue weighted by Crippen LogP contribution is -2.50. The van der Waals surface area contributed by atoms with E-state index < -0.39 is 6.04 Å². The first kappa shape index (κ1) is 24.9. The van der Waals surface area contributed by atoms with Crippen molar-refractivity contribution in [2.24, 2.45) is 0 Å². The van der Waals surface area contributed by atoms with Crippen molar-refractivity contribution >= 4 is 46.8 Å². The highest BCUT2D eigenvalue weighted by molar-refractivity contribution is 7.99. The molecule has 1 saturated carbocycles. The molecule has 0 spiro atoms. The third-order valence-electron chi connectivity index (χ3n) is 5.88. The summed E-state index contributed by atoms with van der Waals surface area (Å²) in [6.07, 6.45) is 4.32. The second kappa shape index (κ2) is 12.0. The third kappa shape index (κ3) is 6.90. The summed E-state index contributed by atoms with van der Waals surface area (Å²) in [6.45, 7) is 4.23. The van der Waals surface area contributed by atoms with Gasteiger partial charge in [-0.1, -0.05) is 71.9 Å². The first-order chi connectivity index (χ1) is 15.3. The summed E-state index contributed by atoms with van der Waals surface area (Å²) in [5.74, 6) is 0.615. The van der Waals surface area contributed by atoms with E-state index in [4.69, 9.17) is 23.2 Å². The van der Waals surface area contributed by atoms with Crippen molar-refractivity contribution in [1.82, 2.24) is 10.2 Å². The van der Waals surface area contributed by atoms with Gasteiger partial charge in [0.05, 0.1) is 5.75 Å². The van der Waals surface area contributed by atoms with E-state index in [0.717, 1.165) is 42.4 Å². The second-order valence-corrected chi connectivity index (χ2v) is 10.2. The van der Waals surface area contributed by atoms with Crippen LogP contribution in [0.5, 0.6) is 0 Å². The molecule has 1 aliphatic rings. The molecule has 3 rings (SSSR count). The minimum Gasteiger partial charge on any atom is -0.352 e. The Hall–Kier alpha value is -1.69. The molecule has 0 bridgehead atoms. The number of hydrogen-bond donors (Lipinski definition) is 1. The average molecular weight is 494 g/mol. The van der Waals surface area contributed by atoms with Gasteiger partial charge in [-0.25, -0.2) is 0 Å². The molecule has 172 valence electrons. The third-order valence-corrected chi connectivity index (χ3v) is 7.53. The van der Waals surface area contributed by atoms with Gasteiger partial charge in [0.25, 0.3) is 0 Å². The van der Waals surface area contributed by atoms with Gasteiger partial charge in [0, 0.05) is 28.4 Å². The summed E-state index contributed by atoms with van der Waals surface area (Å²) >= 11 is 14.0. The summed E-state index contributed by atoms with van der Waals surface area (Å²) in [5.41, 5.74) is 2.99. The summed E-state index contributed by atoms with van der Waals surface area (Å²) in [6, 6.07) is 13.1. The Balaban J connectivity index is 1.67. The largest absolute Gasteiger partial charge is 0.352 e. The van der Waals surface area contributed by atoms with Crippen molar-refractivity contribution in [3.05, 3.63) is 69.2 Å². The van der Waals surface area contributed by atoms with E-state index in [9.17, 15) is 9.59 Å². The zero-order valence-corrected chi connectivity index (χ0v) is 20.9. The number of hydrogen-bond acceptors (Lipinski definition) is 3. The molecule has 1 atom stereocenters. The fourth-order valence-corrected chi connectivity index (χ4v) is 5.51. The molecule has 0 aliphatic heterocycles. The zero-order valence-electron chi connectivity index (χ0n) is 18.6. The van der Waals surface area contributed by atoms with E-state index in [2.05, 4.69) is 5.32 Å². The number of benzene rings is 2. The Bertz CT molecular complexity index is 910. The Morgan fingerprint density at radius 3 is 2.34 bits per heavy atom. The predicted molar refractivity (Wildman–Crippen MR) is 134 cm³/mol. The van der Waals surface area contributed by atoms with E-state index in [1.165, 1.54) is 11.8 Å². The smallest absolute Gasteiger partial charge is 0.242 e. The Morgan fingerprint density at radius 2 is 1.72 bits per heavy atom. The molecule has 1 fully saturated rings. The monoisotopic (exact) mass is 492 g/mol. The maximum atomic E-state index is 13.2. The van der Waals surface area contributed by atoms with E-state index in [-0.39, 0.29) is 23.6 Å². The fraction of sp³-hybridized carbons (Fsp3) is 0.440. The summed E-state index contributed by atoms with van der Waals surface area (Å²) in [5, 5.41) is 4.32. The van der Waals surface area contributed by atoms with Crippen LogP contribution in [0.15, 0.2) is 42.5 Å². The van der Waals surface area contributed by atoms with Gasteiger partial charge < -0.3 is 10.2 Å². The van der Waals surface area contributed by atoms with Crippen LogP contribution in [0.2, 0.25) is 10.0 Å². The molecule has 2 aromatic rings. The minimum absolute atomic E-state index is 0.0761. The standard InChI is InChI=1S/C25H30Cl2N2O2S/c1-17-10-12-19(13-11-17)14-29(18(2)25(31)28-20-6-3-4-7-20)24(30)16-32-15-21-22(26)8-5-9-23(21)27/h5,8-13,18,20H,3-4,6-7,14-16H2,1-2H3,(H,28,31)/t18-/m1/s1. The first-order valence-electron chi connectivity index (χ1n) is 11.0. The first-order valence-corrected chi connectivity index (χ1v) is 12.9. The molecule has 4 nitrogen and oxygen atoms in total. The normalized spacial score (nSPS) is 14.9. The van der Waals surface area contributed by atoms with Gasteiger partial charge in [0.1, 0.15) is 6.04 Å². The SMILES string of the molecule is Cc1ccc(CN(C(=O)CSCc2c(Cl)cccc2Cl)[C@H](C)C(=O)NC2CCCC2)cc1. The highest BCUT2D eigenvalue weighted by Crippen LogP contribution is 2.28. The number of aryl methyl sites for hydroxylation is 1. The lowest BCUT2D eigenvalue weighted by molar-refractivity contribution is -0.138. The molecular formula is C25H30Cl2N2O2S. The number of carbonyl (C=O) groups excluding carboxylic acids is 2. The van der Waals surface area contributed by atoms with Crippen LogP contribution >= 0.6 is 35.0 Å². The van der Waals surface area contributed by atoms with Gasteiger partial charge in [-0.15, -0.1) is 11.8 Å². The Labute approximate surface area is 205 Å². The zero-order chi connectivity index (χ0) is 23.1. The van der Waals surface area contributed by atoms with Crippen LogP contribution in [0.3, 0.4) is 0 Å². The molecule has 0 aromatic heterocycles. The van der Waals surface area contributed by atoms with E-state index in [1.807, 2.05) is 38.1 Å². The van der Waals surface area contributed by atoms with Crippen molar-refractivity contribution in [3.8, 4) is 0 Å². The predicted octanol–water partition coefficient (Wildman–Crippen LogP) is 6.01. The molecule has 1 aliphatic carbocycles. The summed E-state index contributed by atoms with van der Waals surface area (Å²) < 4.78 is 0. The van der Waals surface area contributed by atoms with Crippen LogP contribution in [-0.4, -0.2) is 34.6 Å². The Kier molecular flexibility index (Phi) is 9.33. The van der Waals surface area contributed by atoms with Crippen LogP contribution in [0.4, 0.5) is 0 Å². The molecule has 0 radical (unpaired) electrons. The van der Waals surface area contributed by atoms with Crippen molar-refractivity contribution < 1.29 is 9.59 Å². The Morgan fingerprint density at radius 1 is 1.09 bits per heavy atom. The van der Waals surface area contributed by atoms with Crippen molar-refractivity contribution in [2.75, 3.05) is 5.75 Å². The van der Waals surface area contributed by atoms with Gasteiger partial charge in [-0.2, -0.15) is 0 Å². The molecule has 32 heavy (non-hydrogen) atoms. The van der Waals surface area contributed by atoms with Crippen LogP contribution in [0, 0.1) is 6.92 Å². The highest BCUT2D eigenvalue weighted by atomic mass is 35.5. The number of amides is 2. The molecule has 1 N–H and O–H groups in total. The van der Waals surface area contributed by atoms with E-state index in [0.29, 0.717) is 22.3 Å². The van der Waals surface area contributed by atoms with Gasteiger partial charge in [-0.3, -0.25) is 9.59 Å². The van der Waals surface area contributed by atoms with Crippen LogP contribution in [0.25, 0.3) is 0 Å².